The van der Waals surface area contributed by atoms with Gasteiger partial charge in [0.05, 0.1) is 24.8 Å². The molecule has 2 aromatic heterocycles. The minimum absolute atomic E-state index is 0.0981. The average Bonchev–Trinajstić information content (AvgIpc) is 3.03. The van der Waals surface area contributed by atoms with E-state index in [0.29, 0.717) is 13.0 Å². The predicted octanol–water partition coefficient (Wildman–Crippen LogP) is 2.95. The topological polar surface area (TPSA) is 58.5 Å². The molecule has 0 bridgehead atoms. The number of aliphatic hydroxyl groups is 1. The van der Waals surface area contributed by atoms with E-state index in [1.165, 1.54) is 0 Å². The predicted molar refractivity (Wildman–Crippen MR) is 93.2 cm³/mol. The Balaban J connectivity index is 1.80. The number of hydrogen-bond acceptors (Lipinski definition) is 5. The molecule has 1 saturated heterocycles. The molecule has 0 spiro atoms. The summed E-state index contributed by atoms with van der Waals surface area (Å²) in [4.78, 5) is 10.9. The summed E-state index contributed by atoms with van der Waals surface area (Å²) in [5.41, 5.74) is 3.10. The summed E-state index contributed by atoms with van der Waals surface area (Å²) in [5.74, 6) is 0.829. The molecule has 1 fully saturated rings. The van der Waals surface area contributed by atoms with Gasteiger partial charge in [-0.05, 0) is 36.2 Å². The summed E-state index contributed by atoms with van der Waals surface area (Å²) in [6.45, 7) is 0.593. The van der Waals surface area contributed by atoms with Gasteiger partial charge in [-0.1, -0.05) is 12.1 Å². The number of nitrogens with zero attached hydrogens (tertiary/aromatic N) is 3. The van der Waals surface area contributed by atoms with E-state index in [9.17, 15) is 5.11 Å². The van der Waals surface area contributed by atoms with E-state index in [4.69, 9.17) is 4.74 Å². The fraction of sp³-hybridized carbons (Fsp3) is 0.263. The van der Waals surface area contributed by atoms with Gasteiger partial charge in [0.1, 0.15) is 5.75 Å². The van der Waals surface area contributed by atoms with Crippen LogP contribution in [0.4, 0.5) is 5.69 Å². The van der Waals surface area contributed by atoms with Crippen LogP contribution >= 0.6 is 0 Å². The number of aliphatic hydroxyl groups excluding tert-OH is 1. The van der Waals surface area contributed by atoms with Crippen molar-refractivity contribution < 1.29 is 9.84 Å². The Labute approximate surface area is 140 Å². The van der Waals surface area contributed by atoms with Gasteiger partial charge in [0.15, 0.2) is 0 Å². The Morgan fingerprint density at radius 3 is 3.00 bits per heavy atom. The van der Waals surface area contributed by atoms with Gasteiger partial charge in [-0.15, -0.1) is 0 Å². The summed E-state index contributed by atoms with van der Waals surface area (Å²) in [6, 6.07) is 12.0. The van der Waals surface area contributed by atoms with Crippen molar-refractivity contribution in [2.45, 2.75) is 18.6 Å². The SMILES string of the molecule is COc1cccc([C@@H]2C[C@@H](O)CN2c2ccnc3ccncc23)c1. The number of fused-ring (bicyclic) bond motifs is 1. The van der Waals surface area contributed by atoms with E-state index in [1.807, 2.05) is 42.7 Å². The lowest BCUT2D eigenvalue weighted by atomic mass is 10.0. The zero-order chi connectivity index (χ0) is 16.5. The van der Waals surface area contributed by atoms with Gasteiger partial charge in [0.25, 0.3) is 0 Å². The molecular formula is C19H19N3O2. The highest BCUT2D eigenvalue weighted by atomic mass is 16.5. The largest absolute Gasteiger partial charge is 0.497 e. The van der Waals surface area contributed by atoms with Crippen LogP contribution in [0.3, 0.4) is 0 Å². The van der Waals surface area contributed by atoms with Gasteiger partial charge >= 0.3 is 0 Å². The van der Waals surface area contributed by atoms with E-state index >= 15 is 0 Å². The Bertz CT molecular complexity index is 863. The molecule has 24 heavy (non-hydrogen) atoms. The molecule has 0 unspecified atom stereocenters. The summed E-state index contributed by atoms with van der Waals surface area (Å²) >= 11 is 0. The second-order valence-corrected chi connectivity index (χ2v) is 6.06. The standard InChI is InChI=1S/C19H19N3O2/c1-24-15-4-2-3-13(9-15)19-10-14(23)12-22(19)18-6-8-21-17-5-7-20-11-16(17)18/h2-9,11,14,19,23H,10,12H2,1H3/t14-,19+/m1/s1. The van der Waals surface area contributed by atoms with E-state index in [0.717, 1.165) is 27.9 Å². The second kappa shape index (κ2) is 6.09. The molecule has 1 aromatic carbocycles. The summed E-state index contributed by atoms with van der Waals surface area (Å²) < 4.78 is 5.35. The molecule has 5 heteroatoms. The first-order chi connectivity index (χ1) is 11.8. The molecule has 1 aliphatic heterocycles. The number of rotatable bonds is 3. The lowest BCUT2D eigenvalue weighted by Gasteiger charge is -2.28. The van der Waals surface area contributed by atoms with Crippen LogP contribution in [0.2, 0.25) is 0 Å². The number of methoxy groups -OCH3 is 1. The molecule has 1 N–H and O–H groups in total. The van der Waals surface area contributed by atoms with Crippen molar-refractivity contribution in [1.29, 1.82) is 0 Å². The van der Waals surface area contributed by atoms with Crippen LogP contribution in [0.1, 0.15) is 18.0 Å². The monoisotopic (exact) mass is 321 g/mol. The minimum atomic E-state index is -0.360. The van der Waals surface area contributed by atoms with Gasteiger partial charge in [-0.3, -0.25) is 9.97 Å². The summed E-state index contributed by atoms with van der Waals surface area (Å²) in [7, 11) is 1.67. The molecule has 1 aliphatic rings. The number of β-amino-alcohol motifs (C(OH)–C–C–N with tert-alkyl or cyclic N) is 1. The Morgan fingerprint density at radius 2 is 2.12 bits per heavy atom. The van der Waals surface area contributed by atoms with Crippen LogP contribution in [0.5, 0.6) is 5.75 Å². The van der Waals surface area contributed by atoms with Crippen molar-refractivity contribution in [1.82, 2.24) is 9.97 Å². The zero-order valence-electron chi connectivity index (χ0n) is 13.5. The third kappa shape index (κ3) is 2.57. The maximum absolute atomic E-state index is 10.3. The van der Waals surface area contributed by atoms with Crippen LogP contribution < -0.4 is 9.64 Å². The first-order valence-electron chi connectivity index (χ1n) is 8.03. The lowest BCUT2D eigenvalue weighted by molar-refractivity contribution is 0.194. The molecule has 0 aliphatic carbocycles. The lowest BCUT2D eigenvalue weighted by Crippen LogP contribution is -2.24. The van der Waals surface area contributed by atoms with E-state index in [-0.39, 0.29) is 12.1 Å². The van der Waals surface area contributed by atoms with Crippen LogP contribution in [0.25, 0.3) is 10.9 Å². The normalized spacial score (nSPS) is 20.5. The molecule has 122 valence electrons. The third-order valence-corrected chi connectivity index (χ3v) is 4.59. The molecule has 3 heterocycles. The number of pyridine rings is 2. The summed E-state index contributed by atoms with van der Waals surface area (Å²) in [6.07, 6.45) is 5.73. The van der Waals surface area contributed by atoms with Crippen molar-refractivity contribution in [3.63, 3.8) is 0 Å². The van der Waals surface area contributed by atoms with E-state index in [2.05, 4.69) is 20.9 Å². The van der Waals surface area contributed by atoms with E-state index < -0.39 is 0 Å². The van der Waals surface area contributed by atoms with Gasteiger partial charge in [0, 0.05) is 36.2 Å². The average molecular weight is 321 g/mol. The first kappa shape index (κ1) is 14.9. The number of benzene rings is 1. The second-order valence-electron chi connectivity index (χ2n) is 6.06. The Hall–Kier alpha value is -2.66. The number of aromatic nitrogens is 2. The highest BCUT2D eigenvalue weighted by Gasteiger charge is 2.33. The maximum Gasteiger partial charge on any atom is 0.119 e. The van der Waals surface area contributed by atoms with Gasteiger partial charge in [-0.2, -0.15) is 0 Å². The first-order valence-corrected chi connectivity index (χ1v) is 8.03. The van der Waals surface area contributed by atoms with E-state index in [1.54, 1.807) is 13.3 Å². The molecular weight excluding hydrogens is 302 g/mol. The fourth-order valence-electron chi connectivity index (χ4n) is 3.47. The van der Waals surface area contributed by atoms with Crippen molar-refractivity contribution in [3.8, 4) is 5.75 Å². The number of ether oxygens (including phenoxy) is 1. The molecule has 4 rings (SSSR count). The fourth-order valence-corrected chi connectivity index (χ4v) is 3.47. The molecule has 0 amide bonds. The van der Waals surface area contributed by atoms with Crippen LogP contribution in [0.15, 0.2) is 55.0 Å². The number of hydrogen-bond donors (Lipinski definition) is 1. The molecule has 5 nitrogen and oxygen atoms in total. The van der Waals surface area contributed by atoms with Crippen LogP contribution in [0, 0.1) is 0 Å². The zero-order valence-corrected chi connectivity index (χ0v) is 13.5. The summed E-state index contributed by atoms with van der Waals surface area (Å²) in [5, 5.41) is 11.3. The maximum atomic E-state index is 10.3. The number of anilines is 1. The smallest absolute Gasteiger partial charge is 0.119 e. The van der Waals surface area contributed by atoms with Crippen LogP contribution in [-0.2, 0) is 0 Å². The van der Waals surface area contributed by atoms with Gasteiger partial charge < -0.3 is 14.7 Å². The molecule has 0 radical (unpaired) electrons. The highest BCUT2D eigenvalue weighted by Crippen LogP contribution is 2.39. The molecule has 2 atom stereocenters. The molecule has 0 saturated carbocycles. The van der Waals surface area contributed by atoms with Crippen molar-refractivity contribution in [2.75, 3.05) is 18.6 Å². The highest BCUT2D eigenvalue weighted by molar-refractivity contribution is 5.91. The van der Waals surface area contributed by atoms with Crippen molar-refractivity contribution >= 4 is 16.6 Å². The third-order valence-electron chi connectivity index (χ3n) is 4.59. The Morgan fingerprint density at radius 1 is 1.21 bits per heavy atom. The minimum Gasteiger partial charge on any atom is -0.497 e. The van der Waals surface area contributed by atoms with Crippen LogP contribution in [-0.4, -0.2) is 34.8 Å². The quantitative estimate of drug-likeness (QED) is 0.804. The van der Waals surface area contributed by atoms with Gasteiger partial charge in [-0.25, -0.2) is 0 Å². The van der Waals surface area contributed by atoms with Crippen molar-refractivity contribution in [3.05, 3.63) is 60.6 Å². The van der Waals surface area contributed by atoms with Gasteiger partial charge in [0.2, 0.25) is 0 Å². The Kier molecular flexibility index (Phi) is 3.78. The molecule has 3 aromatic rings. The van der Waals surface area contributed by atoms with Crippen molar-refractivity contribution in [2.24, 2.45) is 0 Å².